The SMILES string of the molecule is Cc1cccc(C(=O)N[C@@H](C(=O)O[C@H](C)C#N)C(C)C)c1. The van der Waals surface area contributed by atoms with E-state index in [0.717, 1.165) is 5.56 Å². The molecule has 21 heavy (non-hydrogen) atoms. The van der Waals surface area contributed by atoms with Crippen LogP contribution in [0.15, 0.2) is 24.3 Å². The highest BCUT2D eigenvalue weighted by Gasteiger charge is 2.27. The number of hydrogen-bond acceptors (Lipinski definition) is 4. The van der Waals surface area contributed by atoms with E-state index in [4.69, 9.17) is 10.00 Å². The van der Waals surface area contributed by atoms with Crippen molar-refractivity contribution in [2.45, 2.75) is 39.8 Å². The fourth-order valence-corrected chi connectivity index (χ4v) is 1.78. The highest BCUT2D eigenvalue weighted by atomic mass is 16.5. The standard InChI is InChI=1S/C16H20N2O3/c1-10(2)14(16(20)21-12(4)9-17)18-15(19)13-7-5-6-11(3)8-13/h5-8,10,12,14H,1-4H3,(H,18,19)/t12-,14-/m1/s1. The second kappa shape index (κ2) is 7.44. The van der Waals surface area contributed by atoms with Gasteiger partial charge in [0.2, 0.25) is 0 Å². The van der Waals surface area contributed by atoms with Crippen molar-refractivity contribution < 1.29 is 14.3 Å². The third kappa shape index (κ3) is 4.92. The summed E-state index contributed by atoms with van der Waals surface area (Å²) in [7, 11) is 0. The molecule has 0 fully saturated rings. The summed E-state index contributed by atoms with van der Waals surface area (Å²) in [6.07, 6.45) is -0.838. The zero-order valence-corrected chi connectivity index (χ0v) is 12.7. The van der Waals surface area contributed by atoms with Gasteiger partial charge in [0.1, 0.15) is 12.1 Å². The van der Waals surface area contributed by atoms with Gasteiger partial charge in [0.15, 0.2) is 6.10 Å². The van der Waals surface area contributed by atoms with Crippen LogP contribution in [0.3, 0.4) is 0 Å². The Morgan fingerprint density at radius 3 is 2.48 bits per heavy atom. The zero-order chi connectivity index (χ0) is 16.0. The summed E-state index contributed by atoms with van der Waals surface area (Å²) in [5, 5.41) is 11.3. The quantitative estimate of drug-likeness (QED) is 0.842. The zero-order valence-electron chi connectivity index (χ0n) is 12.7. The van der Waals surface area contributed by atoms with E-state index in [1.54, 1.807) is 32.0 Å². The molecule has 0 aliphatic heterocycles. The summed E-state index contributed by atoms with van der Waals surface area (Å²) in [6.45, 7) is 6.98. The van der Waals surface area contributed by atoms with Crippen LogP contribution >= 0.6 is 0 Å². The number of benzene rings is 1. The Morgan fingerprint density at radius 1 is 1.29 bits per heavy atom. The molecule has 0 aliphatic rings. The fourth-order valence-electron chi connectivity index (χ4n) is 1.78. The Kier molecular flexibility index (Phi) is 5.92. The van der Waals surface area contributed by atoms with Crippen molar-refractivity contribution in [3.8, 4) is 6.07 Å². The maximum Gasteiger partial charge on any atom is 0.330 e. The number of nitriles is 1. The lowest BCUT2D eigenvalue weighted by atomic mass is 10.0. The number of esters is 1. The van der Waals surface area contributed by atoms with E-state index in [1.165, 1.54) is 6.92 Å². The first-order valence-electron chi connectivity index (χ1n) is 6.82. The maximum atomic E-state index is 12.2. The molecule has 1 amide bonds. The van der Waals surface area contributed by atoms with E-state index < -0.39 is 18.1 Å². The van der Waals surface area contributed by atoms with E-state index in [1.807, 2.05) is 19.1 Å². The average Bonchev–Trinajstić information content (AvgIpc) is 2.43. The predicted molar refractivity (Wildman–Crippen MR) is 78.4 cm³/mol. The second-order valence-electron chi connectivity index (χ2n) is 5.27. The molecule has 0 heterocycles. The van der Waals surface area contributed by atoms with Gasteiger partial charge in [-0.15, -0.1) is 0 Å². The summed E-state index contributed by atoms with van der Waals surface area (Å²) < 4.78 is 4.97. The summed E-state index contributed by atoms with van der Waals surface area (Å²) in [5.41, 5.74) is 1.45. The minimum atomic E-state index is -0.838. The molecule has 0 saturated carbocycles. The lowest BCUT2D eigenvalue weighted by molar-refractivity contribution is -0.149. The first-order chi connectivity index (χ1) is 9.85. The number of aryl methyl sites for hydroxylation is 1. The molecule has 0 aliphatic carbocycles. The third-order valence-electron chi connectivity index (χ3n) is 2.96. The van der Waals surface area contributed by atoms with Crippen LogP contribution in [0, 0.1) is 24.2 Å². The van der Waals surface area contributed by atoms with Crippen molar-refractivity contribution >= 4 is 11.9 Å². The molecule has 1 N–H and O–H groups in total. The van der Waals surface area contributed by atoms with Gasteiger partial charge in [-0.2, -0.15) is 5.26 Å². The van der Waals surface area contributed by atoms with Crippen LogP contribution in [0.2, 0.25) is 0 Å². The lowest BCUT2D eigenvalue weighted by Gasteiger charge is -2.21. The van der Waals surface area contributed by atoms with Gasteiger partial charge in [-0.3, -0.25) is 4.79 Å². The smallest absolute Gasteiger partial charge is 0.330 e. The molecule has 0 spiro atoms. The molecule has 1 aromatic carbocycles. The molecule has 5 nitrogen and oxygen atoms in total. The normalized spacial score (nSPS) is 13.1. The number of nitrogens with one attached hydrogen (secondary N) is 1. The lowest BCUT2D eigenvalue weighted by Crippen LogP contribution is -2.46. The van der Waals surface area contributed by atoms with Crippen LogP contribution in [-0.4, -0.2) is 24.0 Å². The summed E-state index contributed by atoms with van der Waals surface area (Å²) in [6, 6.07) is 8.14. The van der Waals surface area contributed by atoms with Crippen LogP contribution in [-0.2, 0) is 9.53 Å². The van der Waals surface area contributed by atoms with Gasteiger partial charge >= 0.3 is 5.97 Å². The molecule has 0 aromatic heterocycles. The van der Waals surface area contributed by atoms with Gasteiger partial charge in [0.05, 0.1) is 0 Å². The van der Waals surface area contributed by atoms with E-state index >= 15 is 0 Å². The topological polar surface area (TPSA) is 79.2 Å². The molecule has 0 radical (unpaired) electrons. The minimum Gasteiger partial charge on any atom is -0.446 e. The number of carbonyl (C=O) groups excluding carboxylic acids is 2. The van der Waals surface area contributed by atoms with Gasteiger partial charge in [-0.1, -0.05) is 31.5 Å². The molecule has 0 bridgehead atoms. The van der Waals surface area contributed by atoms with Crippen molar-refractivity contribution in [2.75, 3.05) is 0 Å². The highest BCUT2D eigenvalue weighted by molar-refractivity contribution is 5.97. The molecule has 0 unspecified atom stereocenters. The second-order valence-corrected chi connectivity index (χ2v) is 5.27. The third-order valence-corrected chi connectivity index (χ3v) is 2.96. The van der Waals surface area contributed by atoms with Crippen molar-refractivity contribution in [2.24, 2.45) is 5.92 Å². The Balaban J connectivity index is 2.82. The highest BCUT2D eigenvalue weighted by Crippen LogP contribution is 2.09. The van der Waals surface area contributed by atoms with Crippen LogP contribution < -0.4 is 5.32 Å². The number of amides is 1. The maximum absolute atomic E-state index is 12.2. The summed E-state index contributed by atoms with van der Waals surface area (Å²) in [4.78, 5) is 24.2. The Morgan fingerprint density at radius 2 is 1.95 bits per heavy atom. The number of ether oxygens (including phenoxy) is 1. The molecular weight excluding hydrogens is 268 g/mol. The molecular formula is C16H20N2O3. The summed E-state index contributed by atoms with van der Waals surface area (Å²) >= 11 is 0. The van der Waals surface area contributed by atoms with Gasteiger partial charge in [-0.05, 0) is 31.9 Å². The van der Waals surface area contributed by atoms with Crippen LogP contribution in [0.4, 0.5) is 0 Å². The van der Waals surface area contributed by atoms with E-state index in [-0.39, 0.29) is 11.8 Å². The molecule has 0 saturated heterocycles. The first-order valence-corrected chi connectivity index (χ1v) is 6.82. The number of hydrogen-bond donors (Lipinski definition) is 1. The minimum absolute atomic E-state index is 0.142. The van der Waals surface area contributed by atoms with Crippen LogP contribution in [0.5, 0.6) is 0 Å². The molecule has 5 heteroatoms. The van der Waals surface area contributed by atoms with Gasteiger partial charge < -0.3 is 10.1 Å². The molecule has 1 aromatic rings. The number of carbonyl (C=O) groups is 2. The van der Waals surface area contributed by atoms with E-state index in [9.17, 15) is 9.59 Å². The molecule has 1 rings (SSSR count). The van der Waals surface area contributed by atoms with Crippen molar-refractivity contribution in [3.63, 3.8) is 0 Å². The predicted octanol–water partition coefficient (Wildman–Crippen LogP) is 2.20. The van der Waals surface area contributed by atoms with Crippen molar-refractivity contribution in [3.05, 3.63) is 35.4 Å². The Labute approximate surface area is 124 Å². The van der Waals surface area contributed by atoms with Crippen molar-refractivity contribution in [1.82, 2.24) is 5.32 Å². The first kappa shape index (κ1) is 16.7. The fraction of sp³-hybridized carbons (Fsp3) is 0.438. The van der Waals surface area contributed by atoms with Gasteiger partial charge in [0.25, 0.3) is 5.91 Å². The molecule has 112 valence electrons. The largest absolute Gasteiger partial charge is 0.446 e. The summed E-state index contributed by atoms with van der Waals surface area (Å²) in [5.74, 6) is -1.07. The van der Waals surface area contributed by atoms with Gasteiger partial charge in [0, 0.05) is 5.56 Å². The average molecular weight is 288 g/mol. The van der Waals surface area contributed by atoms with E-state index in [2.05, 4.69) is 5.32 Å². The number of rotatable bonds is 5. The number of nitrogens with zero attached hydrogens (tertiary/aromatic N) is 1. The Hall–Kier alpha value is -2.35. The van der Waals surface area contributed by atoms with Crippen molar-refractivity contribution in [1.29, 1.82) is 5.26 Å². The Bertz CT molecular complexity index is 561. The van der Waals surface area contributed by atoms with Gasteiger partial charge in [-0.25, -0.2) is 4.79 Å². The van der Waals surface area contributed by atoms with Crippen LogP contribution in [0.25, 0.3) is 0 Å². The monoisotopic (exact) mass is 288 g/mol. The van der Waals surface area contributed by atoms with E-state index in [0.29, 0.717) is 5.56 Å². The molecule has 2 atom stereocenters. The van der Waals surface area contributed by atoms with Crippen LogP contribution in [0.1, 0.15) is 36.7 Å².